The van der Waals surface area contributed by atoms with Crippen LogP contribution >= 0.6 is 0 Å². The molecule has 0 spiro atoms. The summed E-state index contributed by atoms with van der Waals surface area (Å²) in [4.78, 5) is 0. The SMILES string of the molecule is CCNC(Cc1cc(F)ccc1C)C1CCCCS1(=O)=O. The zero-order valence-corrected chi connectivity index (χ0v) is 13.5. The number of likely N-dealkylation sites (N-methyl/N-ethyl adjacent to an activating group) is 1. The fourth-order valence-electron chi connectivity index (χ4n) is 3.13. The van der Waals surface area contributed by atoms with E-state index in [2.05, 4.69) is 5.32 Å². The van der Waals surface area contributed by atoms with Gasteiger partial charge in [-0.3, -0.25) is 0 Å². The molecule has 2 unspecified atom stereocenters. The third kappa shape index (κ3) is 4.04. The van der Waals surface area contributed by atoms with Crippen LogP contribution < -0.4 is 5.32 Å². The minimum absolute atomic E-state index is 0.138. The van der Waals surface area contributed by atoms with Crippen LogP contribution in [0.25, 0.3) is 0 Å². The van der Waals surface area contributed by atoms with Gasteiger partial charge in [0.05, 0.1) is 11.0 Å². The van der Waals surface area contributed by atoms with Gasteiger partial charge in [0, 0.05) is 6.04 Å². The number of hydrogen-bond acceptors (Lipinski definition) is 3. The van der Waals surface area contributed by atoms with E-state index in [0.29, 0.717) is 19.4 Å². The minimum Gasteiger partial charge on any atom is -0.313 e. The summed E-state index contributed by atoms with van der Waals surface area (Å²) in [7, 11) is -3.04. The molecule has 0 aromatic heterocycles. The van der Waals surface area contributed by atoms with Crippen LogP contribution in [0.5, 0.6) is 0 Å². The minimum atomic E-state index is -3.04. The molecular weight excluding hydrogens is 289 g/mol. The molecule has 1 fully saturated rings. The molecule has 1 aliphatic rings. The fourth-order valence-corrected chi connectivity index (χ4v) is 5.25. The Balaban J connectivity index is 2.24. The van der Waals surface area contributed by atoms with Crippen molar-refractivity contribution >= 4 is 9.84 Å². The summed E-state index contributed by atoms with van der Waals surface area (Å²) in [6.45, 7) is 4.62. The number of benzene rings is 1. The molecule has 5 heteroatoms. The Morgan fingerprint density at radius 1 is 1.38 bits per heavy atom. The number of nitrogens with one attached hydrogen (secondary N) is 1. The number of halogens is 1. The largest absolute Gasteiger partial charge is 0.313 e. The predicted octanol–water partition coefficient (Wildman–Crippen LogP) is 2.62. The summed E-state index contributed by atoms with van der Waals surface area (Å²) in [5.74, 6) is 0.0131. The molecule has 3 nitrogen and oxygen atoms in total. The van der Waals surface area contributed by atoms with Gasteiger partial charge in [-0.05, 0) is 56.0 Å². The van der Waals surface area contributed by atoms with E-state index in [4.69, 9.17) is 0 Å². The first-order chi connectivity index (χ1) is 9.94. The quantitative estimate of drug-likeness (QED) is 0.909. The Morgan fingerprint density at radius 2 is 2.14 bits per heavy atom. The van der Waals surface area contributed by atoms with E-state index in [1.165, 1.54) is 12.1 Å². The van der Waals surface area contributed by atoms with Gasteiger partial charge in [-0.2, -0.15) is 0 Å². The first kappa shape index (κ1) is 16.4. The van der Waals surface area contributed by atoms with E-state index in [1.54, 1.807) is 6.07 Å². The molecule has 1 N–H and O–H groups in total. The highest BCUT2D eigenvalue weighted by molar-refractivity contribution is 7.92. The lowest BCUT2D eigenvalue weighted by molar-refractivity contribution is 0.440. The van der Waals surface area contributed by atoms with Crippen molar-refractivity contribution in [2.75, 3.05) is 12.3 Å². The third-order valence-corrected chi connectivity index (χ3v) is 6.64. The van der Waals surface area contributed by atoms with Crippen molar-refractivity contribution in [3.05, 3.63) is 35.1 Å². The van der Waals surface area contributed by atoms with E-state index in [1.807, 2.05) is 13.8 Å². The summed E-state index contributed by atoms with van der Waals surface area (Å²) in [6.07, 6.45) is 2.97. The maximum atomic E-state index is 13.4. The standard InChI is InChI=1S/C16H24FNO2S/c1-3-18-15(16-6-4-5-9-21(16,19)20)11-13-10-14(17)8-7-12(13)2/h7-8,10,15-16,18H,3-6,9,11H2,1-2H3. The first-order valence-corrected chi connectivity index (χ1v) is 9.35. The van der Waals surface area contributed by atoms with Crippen molar-refractivity contribution in [1.82, 2.24) is 5.32 Å². The van der Waals surface area contributed by atoms with Gasteiger partial charge in [0.15, 0.2) is 9.84 Å². The lowest BCUT2D eigenvalue weighted by Crippen LogP contribution is -2.48. The van der Waals surface area contributed by atoms with Crippen LogP contribution in [-0.2, 0) is 16.3 Å². The van der Waals surface area contributed by atoms with Crippen molar-refractivity contribution in [3.8, 4) is 0 Å². The van der Waals surface area contributed by atoms with Gasteiger partial charge >= 0.3 is 0 Å². The van der Waals surface area contributed by atoms with Crippen LogP contribution in [0.15, 0.2) is 18.2 Å². The van der Waals surface area contributed by atoms with Crippen LogP contribution in [0, 0.1) is 12.7 Å². The zero-order valence-electron chi connectivity index (χ0n) is 12.7. The summed E-state index contributed by atoms with van der Waals surface area (Å²) in [5.41, 5.74) is 1.90. The predicted molar refractivity (Wildman–Crippen MR) is 83.7 cm³/mol. The second kappa shape index (κ2) is 6.88. The smallest absolute Gasteiger partial charge is 0.154 e. The molecule has 0 bridgehead atoms. The topological polar surface area (TPSA) is 46.2 Å². The molecule has 1 aromatic rings. The van der Waals surface area contributed by atoms with Gasteiger partial charge in [-0.15, -0.1) is 0 Å². The Morgan fingerprint density at radius 3 is 2.81 bits per heavy atom. The summed E-state index contributed by atoms with van der Waals surface area (Å²) in [5, 5.41) is 2.95. The Bertz CT molecular complexity index is 586. The number of sulfone groups is 1. The van der Waals surface area contributed by atoms with Crippen molar-refractivity contribution in [1.29, 1.82) is 0 Å². The maximum Gasteiger partial charge on any atom is 0.154 e. The highest BCUT2D eigenvalue weighted by Gasteiger charge is 2.35. The fraction of sp³-hybridized carbons (Fsp3) is 0.625. The number of rotatable bonds is 5. The summed E-state index contributed by atoms with van der Waals surface area (Å²) in [6, 6.07) is 4.58. The van der Waals surface area contributed by atoms with Gasteiger partial charge in [0.25, 0.3) is 0 Å². The lowest BCUT2D eigenvalue weighted by Gasteiger charge is -2.31. The van der Waals surface area contributed by atoms with E-state index in [-0.39, 0.29) is 22.9 Å². The molecule has 1 aliphatic heterocycles. The molecule has 2 atom stereocenters. The molecule has 0 radical (unpaired) electrons. The Kier molecular flexibility index (Phi) is 5.38. The van der Waals surface area contributed by atoms with Gasteiger partial charge < -0.3 is 5.32 Å². The first-order valence-electron chi connectivity index (χ1n) is 7.64. The van der Waals surface area contributed by atoms with Crippen LogP contribution in [0.2, 0.25) is 0 Å². The molecule has 0 aliphatic carbocycles. The van der Waals surface area contributed by atoms with E-state index < -0.39 is 9.84 Å². The second-order valence-corrected chi connectivity index (χ2v) is 8.18. The molecule has 0 amide bonds. The highest BCUT2D eigenvalue weighted by Crippen LogP contribution is 2.25. The zero-order chi connectivity index (χ0) is 15.5. The number of aryl methyl sites for hydroxylation is 1. The van der Waals surface area contributed by atoms with Crippen LogP contribution in [0.3, 0.4) is 0 Å². The lowest BCUT2D eigenvalue weighted by atomic mass is 9.96. The molecule has 1 aromatic carbocycles. The maximum absolute atomic E-state index is 13.4. The monoisotopic (exact) mass is 313 g/mol. The normalized spacial score (nSPS) is 22.9. The van der Waals surface area contributed by atoms with Crippen LogP contribution in [-0.4, -0.2) is 32.0 Å². The molecular formula is C16H24FNO2S. The molecule has 2 rings (SSSR count). The molecule has 118 valence electrons. The van der Waals surface area contributed by atoms with Crippen molar-refractivity contribution in [2.45, 2.75) is 50.8 Å². The van der Waals surface area contributed by atoms with E-state index in [0.717, 1.165) is 24.0 Å². The van der Waals surface area contributed by atoms with Crippen molar-refractivity contribution in [3.63, 3.8) is 0 Å². The molecule has 1 saturated heterocycles. The van der Waals surface area contributed by atoms with Gasteiger partial charge in [0.2, 0.25) is 0 Å². The average Bonchev–Trinajstić information content (AvgIpc) is 2.42. The third-order valence-electron chi connectivity index (χ3n) is 4.29. The molecule has 21 heavy (non-hydrogen) atoms. The Hall–Kier alpha value is -0.940. The van der Waals surface area contributed by atoms with Crippen LogP contribution in [0.4, 0.5) is 4.39 Å². The average molecular weight is 313 g/mol. The molecule has 1 heterocycles. The van der Waals surface area contributed by atoms with Crippen molar-refractivity contribution < 1.29 is 12.8 Å². The number of hydrogen-bond donors (Lipinski definition) is 1. The highest BCUT2D eigenvalue weighted by atomic mass is 32.2. The summed E-state index contributed by atoms with van der Waals surface area (Å²) < 4.78 is 38.1. The van der Waals surface area contributed by atoms with E-state index in [9.17, 15) is 12.8 Å². The van der Waals surface area contributed by atoms with Gasteiger partial charge in [-0.25, -0.2) is 12.8 Å². The molecule has 0 saturated carbocycles. The second-order valence-electron chi connectivity index (χ2n) is 5.84. The van der Waals surface area contributed by atoms with Gasteiger partial charge in [-0.1, -0.05) is 19.4 Å². The van der Waals surface area contributed by atoms with E-state index >= 15 is 0 Å². The Labute approximate surface area is 126 Å². The summed E-state index contributed by atoms with van der Waals surface area (Å²) >= 11 is 0. The van der Waals surface area contributed by atoms with Gasteiger partial charge in [0.1, 0.15) is 5.82 Å². The van der Waals surface area contributed by atoms with Crippen molar-refractivity contribution in [2.24, 2.45) is 0 Å². The van der Waals surface area contributed by atoms with Crippen LogP contribution in [0.1, 0.15) is 37.3 Å².